The van der Waals surface area contributed by atoms with Crippen molar-refractivity contribution in [1.29, 1.82) is 0 Å². The number of para-hydroxylation sites is 1. The van der Waals surface area contributed by atoms with Gasteiger partial charge in [0.05, 0.1) is 5.52 Å². The lowest BCUT2D eigenvalue weighted by Gasteiger charge is -2.20. The first-order chi connectivity index (χ1) is 17.9. The summed E-state index contributed by atoms with van der Waals surface area (Å²) in [4.78, 5) is 4.96. The van der Waals surface area contributed by atoms with Crippen LogP contribution in [-0.2, 0) is 12.8 Å². The molecule has 0 bridgehead atoms. The molecule has 0 saturated carbocycles. The Labute approximate surface area is 209 Å². The maximum atomic E-state index is 4.96. The quantitative estimate of drug-likeness (QED) is 0.186. The first-order valence-electron chi connectivity index (χ1n) is 12.7. The number of fused-ring (bicyclic) bond motifs is 4. The molecule has 1 aliphatic rings. The highest BCUT2D eigenvalue weighted by molar-refractivity contribution is 6.28. The molecule has 1 heterocycles. The fourth-order valence-corrected chi connectivity index (χ4v) is 6.46. The molecule has 0 atom stereocenters. The van der Waals surface area contributed by atoms with Crippen LogP contribution in [0.5, 0.6) is 0 Å². The molecule has 0 unspecified atom stereocenters. The molecule has 1 nitrogen and oxygen atoms in total. The van der Waals surface area contributed by atoms with E-state index in [4.69, 9.17) is 4.98 Å². The highest BCUT2D eigenvalue weighted by Gasteiger charge is 2.22. The molecule has 8 rings (SSSR count). The van der Waals surface area contributed by atoms with Crippen molar-refractivity contribution >= 4 is 43.2 Å². The van der Waals surface area contributed by atoms with E-state index in [9.17, 15) is 0 Å². The number of rotatable bonds is 2. The van der Waals surface area contributed by atoms with Crippen LogP contribution in [0, 0.1) is 0 Å². The summed E-state index contributed by atoms with van der Waals surface area (Å²) in [6.45, 7) is 0. The smallest absolute Gasteiger partial charge is 0.0708 e. The van der Waals surface area contributed by atoms with Gasteiger partial charge in [0, 0.05) is 22.4 Å². The van der Waals surface area contributed by atoms with E-state index >= 15 is 0 Å². The molecule has 1 aromatic heterocycles. The van der Waals surface area contributed by atoms with Crippen molar-refractivity contribution in [3.8, 4) is 22.3 Å². The maximum Gasteiger partial charge on any atom is 0.0708 e. The molecule has 7 aromatic rings. The van der Waals surface area contributed by atoms with Crippen molar-refractivity contribution < 1.29 is 0 Å². The third-order valence-electron chi connectivity index (χ3n) is 7.97. The first-order valence-corrected chi connectivity index (χ1v) is 12.7. The van der Waals surface area contributed by atoms with Gasteiger partial charge in [0.2, 0.25) is 0 Å². The van der Waals surface area contributed by atoms with Crippen LogP contribution in [0.3, 0.4) is 0 Å². The van der Waals surface area contributed by atoms with E-state index in [-0.39, 0.29) is 0 Å². The Hall–Kier alpha value is -4.49. The zero-order chi connectivity index (χ0) is 23.6. The first kappa shape index (κ1) is 19.8. The standard InChI is InChI=1S/C35H23N/c1-2-9-22(10-3-1)33-26-12-4-5-13-27(26)34(30-21-36-31-16-7-6-14-29(31)35(30)33)28-20-19-24-18-17-23-11-8-15-25(28)32(23)24/h1-16,19-21H,17-18H2. The van der Waals surface area contributed by atoms with E-state index in [0.29, 0.717) is 0 Å². The minimum atomic E-state index is 1.03. The van der Waals surface area contributed by atoms with Crippen LogP contribution in [0.1, 0.15) is 11.1 Å². The summed E-state index contributed by atoms with van der Waals surface area (Å²) >= 11 is 0. The molecule has 0 N–H and O–H groups in total. The van der Waals surface area contributed by atoms with Crippen molar-refractivity contribution in [2.75, 3.05) is 0 Å². The van der Waals surface area contributed by atoms with Crippen LogP contribution in [0.15, 0.2) is 115 Å². The lowest BCUT2D eigenvalue weighted by molar-refractivity contribution is 1.02. The molecule has 0 aliphatic heterocycles. The summed E-state index contributed by atoms with van der Waals surface area (Å²) in [5.41, 5.74) is 9.09. The largest absolute Gasteiger partial charge is 0.256 e. The van der Waals surface area contributed by atoms with Gasteiger partial charge in [-0.15, -0.1) is 0 Å². The summed E-state index contributed by atoms with van der Waals surface area (Å²) in [5, 5.41) is 9.06. The Kier molecular flexibility index (Phi) is 4.12. The predicted molar refractivity (Wildman–Crippen MR) is 153 cm³/mol. The highest BCUT2D eigenvalue weighted by Crippen LogP contribution is 2.47. The van der Waals surface area contributed by atoms with Crippen LogP contribution >= 0.6 is 0 Å². The fourth-order valence-electron chi connectivity index (χ4n) is 6.46. The van der Waals surface area contributed by atoms with Gasteiger partial charge < -0.3 is 0 Å². The second-order valence-corrected chi connectivity index (χ2v) is 9.84. The third kappa shape index (κ3) is 2.69. The molecule has 0 fully saturated rings. The van der Waals surface area contributed by atoms with Crippen molar-refractivity contribution in [3.05, 3.63) is 127 Å². The van der Waals surface area contributed by atoms with Gasteiger partial charge in [-0.3, -0.25) is 4.98 Å². The number of benzene rings is 6. The van der Waals surface area contributed by atoms with Gasteiger partial charge in [0.25, 0.3) is 0 Å². The molecule has 0 amide bonds. The van der Waals surface area contributed by atoms with Crippen molar-refractivity contribution in [1.82, 2.24) is 4.98 Å². The van der Waals surface area contributed by atoms with E-state index in [0.717, 1.165) is 18.4 Å². The molecule has 0 spiro atoms. The molecule has 36 heavy (non-hydrogen) atoms. The molecule has 1 aliphatic carbocycles. The monoisotopic (exact) mass is 457 g/mol. The van der Waals surface area contributed by atoms with E-state index in [1.54, 1.807) is 0 Å². The van der Waals surface area contributed by atoms with Crippen LogP contribution in [0.25, 0.3) is 65.5 Å². The topological polar surface area (TPSA) is 12.9 Å². The number of hydrogen-bond donors (Lipinski definition) is 0. The average molecular weight is 458 g/mol. The van der Waals surface area contributed by atoms with Gasteiger partial charge in [-0.25, -0.2) is 0 Å². The van der Waals surface area contributed by atoms with Crippen molar-refractivity contribution in [3.63, 3.8) is 0 Å². The van der Waals surface area contributed by atoms with Gasteiger partial charge in [-0.2, -0.15) is 0 Å². The zero-order valence-corrected chi connectivity index (χ0v) is 19.8. The third-order valence-corrected chi connectivity index (χ3v) is 7.97. The van der Waals surface area contributed by atoms with Crippen LogP contribution < -0.4 is 0 Å². The minimum absolute atomic E-state index is 1.03. The van der Waals surface area contributed by atoms with Gasteiger partial charge in [0.15, 0.2) is 0 Å². The number of aryl methyl sites for hydroxylation is 2. The van der Waals surface area contributed by atoms with Gasteiger partial charge in [-0.1, -0.05) is 103 Å². The van der Waals surface area contributed by atoms with Crippen LogP contribution in [0.4, 0.5) is 0 Å². The van der Waals surface area contributed by atoms with E-state index < -0.39 is 0 Å². The lowest BCUT2D eigenvalue weighted by Crippen LogP contribution is -1.94. The molecule has 0 saturated heterocycles. The Balaban J connectivity index is 1.64. The SMILES string of the molecule is c1ccc(-c2c3ccccc3c(-c3ccc4c5c(cccc35)CC4)c3cnc4ccccc4c23)cc1. The predicted octanol–water partition coefficient (Wildman–Crippen LogP) is 9.13. The van der Waals surface area contributed by atoms with E-state index in [2.05, 4.69) is 115 Å². The van der Waals surface area contributed by atoms with E-state index in [1.807, 2.05) is 0 Å². The summed E-state index contributed by atoms with van der Waals surface area (Å²) in [6, 6.07) is 39.8. The minimum Gasteiger partial charge on any atom is -0.256 e. The number of pyridine rings is 1. The number of aromatic nitrogens is 1. The normalized spacial score (nSPS) is 12.8. The maximum absolute atomic E-state index is 4.96. The number of hydrogen-bond acceptors (Lipinski definition) is 1. The molecule has 1 heteroatoms. The summed E-state index contributed by atoms with van der Waals surface area (Å²) in [6.07, 6.45) is 4.38. The van der Waals surface area contributed by atoms with Gasteiger partial charge in [0.1, 0.15) is 0 Å². The Bertz CT molecular complexity index is 1970. The summed E-state index contributed by atoms with van der Waals surface area (Å²) < 4.78 is 0. The number of nitrogens with zero attached hydrogens (tertiary/aromatic N) is 1. The van der Waals surface area contributed by atoms with E-state index in [1.165, 1.54) is 71.1 Å². The van der Waals surface area contributed by atoms with Gasteiger partial charge >= 0.3 is 0 Å². The summed E-state index contributed by atoms with van der Waals surface area (Å²) in [5.74, 6) is 0. The Morgan fingerprint density at radius 3 is 1.94 bits per heavy atom. The molecular formula is C35H23N. The second-order valence-electron chi connectivity index (χ2n) is 9.84. The zero-order valence-electron chi connectivity index (χ0n) is 19.8. The Morgan fingerprint density at radius 2 is 1.11 bits per heavy atom. The Morgan fingerprint density at radius 1 is 0.444 bits per heavy atom. The van der Waals surface area contributed by atoms with Gasteiger partial charge in [-0.05, 0) is 73.8 Å². The lowest BCUT2D eigenvalue weighted by atomic mass is 9.84. The molecule has 168 valence electrons. The molecular weight excluding hydrogens is 434 g/mol. The molecule has 6 aromatic carbocycles. The summed E-state index contributed by atoms with van der Waals surface area (Å²) in [7, 11) is 0. The fraction of sp³-hybridized carbons (Fsp3) is 0.0571. The van der Waals surface area contributed by atoms with Crippen molar-refractivity contribution in [2.45, 2.75) is 12.8 Å². The molecule has 0 radical (unpaired) electrons. The average Bonchev–Trinajstić information content (AvgIpc) is 3.37. The van der Waals surface area contributed by atoms with Crippen molar-refractivity contribution in [2.24, 2.45) is 0 Å². The highest BCUT2D eigenvalue weighted by atomic mass is 14.7. The van der Waals surface area contributed by atoms with Crippen LogP contribution in [0.2, 0.25) is 0 Å². The second kappa shape index (κ2) is 7.50. The van der Waals surface area contributed by atoms with Crippen LogP contribution in [-0.4, -0.2) is 4.98 Å².